The van der Waals surface area contributed by atoms with Crippen LogP contribution in [0.3, 0.4) is 0 Å². The van der Waals surface area contributed by atoms with E-state index in [4.69, 9.17) is 9.47 Å². The number of benzene rings is 1. The van der Waals surface area contributed by atoms with E-state index in [1.165, 1.54) is 0 Å². The number of rotatable bonds is 4. The molecule has 0 bridgehead atoms. The molecule has 0 unspecified atom stereocenters. The van der Waals surface area contributed by atoms with Gasteiger partial charge in [-0.05, 0) is 46.8 Å². The van der Waals surface area contributed by atoms with E-state index >= 15 is 0 Å². The number of methoxy groups -OCH3 is 2. The molecule has 20 heavy (non-hydrogen) atoms. The van der Waals surface area contributed by atoms with Gasteiger partial charge in [-0.25, -0.2) is 0 Å². The van der Waals surface area contributed by atoms with Crippen molar-refractivity contribution in [1.82, 2.24) is 0 Å². The fourth-order valence-corrected chi connectivity index (χ4v) is 3.28. The van der Waals surface area contributed by atoms with Crippen LogP contribution in [0.5, 0.6) is 11.5 Å². The molecule has 0 atom stereocenters. The van der Waals surface area contributed by atoms with Crippen LogP contribution in [0.15, 0.2) is 16.6 Å². The first kappa shape index (κ1) is 15.4. The van der Waals surface area contributed by atoms with Gasteiger partial charge in [-0.3, -0.25) is 4.79 Å². The van der Waals surface area contributed by atoms with Crippen LogP contribution < -0.4 is 9.47 Å². The largest absolute Gasteiger partial charge is 0.496 e. The Labute approximate surface area is 128 Å². The normalized spacial score (nSPS) is 22.4. The first-order valence-electron chi connectivity index (χ1n) is 7.02. The molecule has 0 aromatic heterocycles. The lowest BCUT2D eigenvalue weighted by Crippen LogP contribution is -2.21. The molecule has 1 saturated carbocycles. The third kappa shape index (κ3) is 3.17. The lowest BCUT2D eigenvalue weighted by atomic mass is 9.79. The lowest BCUT2D eigenvalue weighted by Gasteiger charge is -2.25. The fourth-order valence-electron chi connectivity index (χ4n) is 2.80. The summed E-state index contributed by atoms with van der Waals surface area (Å²) in [5.74, 6) is 2.31. The maximum Gasteiger partial charge on any atom is 0.169 e. The zero-order valence-corrected chi connectivity index (χ0v) is 13.8. The number of halogens is 1. The molecule has 1 aliphatic carbocycles. The first-order valence-corrected chi connectivity index (χ1v) is 7.81. The monoisotopic (exact) mass is 340 g/mol. The van der Waals surface area contributed by atoms with Gasteiger partial charge >= 0.3 is 0 Å². The average molecular weight is 341 g/mol. The Morgan fingerprint density at radius 3 is 2.25 bits per heavy atom. The second-order valence-corrected chi connectivity index (χ2v) is 6.36. The van der Waals surface area contributed by atoms with Crippen LogP contribution in [0.1, 0.15) is 43.0 Å². The molecule has 3 nitrogen and oxygen atoms in total. The smallest absolute Gasteiger partial charge is 0.169 e. The summed E-state index contributed by atoms with van der Waals surface area (Å²) in [6.45, 7) is 2.25. The van der Waals surface area contributed by atoms with Crippen molar-refractivity contribution in [3.63, 3.8) is 0 Å². The molecule has 0 amide bonds. The molecule has 0 heterocycles. The zero-order chi connectivity index (χ0) is 14.7. The predicted molar refractivity (Wildman–Crippen MR) is 82.7 cm³/mol. The number of ketones is 1. The van der Waals surface area contributed by atoms with Crippen molar-refractivity contribution < 1.29 is 14.3 Å². The summed E-state index contributed by atoms with van der Waals surface area (Å²) in [5.41, 5.74) is 0.632. The SMILES string of the molecule is COc1cc(C(=O)C2CCC(C)CC2)c(OC)cc1Br. The topological polar surface area (TPSA) is 35.5 Å². The highest BCUT2D eigenvalue weighted by Gasteiger charge is 2.27. The van der Waals surface area contributed by atoms with Crippen LogP contribution in [-0.2, 0) is 0 Å². The van der Waals surface area contributed by atoms with E-state index in [0.717, 1.165) is 36.1 Å². The van der Waals surface area contributed by atoms with Crippen LogP contribution in [0.4, 0.5) is 0 Å². The Bertz CT molecular complexity index is 491. The fraction of sp³-hybridized carbons (Fsp3) is 0.562. The van der Waals surface area contributed by atoms with E-state index in [0.29, 0.717) is 17.1 Å². The number of Topliss-reactive ketones (excluding diaryl/α,β-unsaturated/α-hetero) is 1. The Hall–Kier alpha value is -1.03. The van der Waals surface area contributed by atoms with Crippen LogP contribution in [0.25, 0.3) is 0 Å². The Morgan fingerprint density at radius 1 is 1.10 bits per heavy atom. The quantitative estimate of drug-likeness (QED) is 0.758. The third-order valence-corrected chi connectivity index (χ3v) is 4.75. The van der Waals surface area contributed by atoms with E-state index in [-0.39, 0.29) is 11.7 Å². The van der Waals surface area contributed by atoms with Gasteiger partial charge in [0, 0.05) is 5.92 Å². The summed E-state index contributed by atoms with van der Waals surface area (Å²) in [5, 5.41) is 0. The molecule has 1 fully saturated rings. The maximum atomic E-state index is 12.7. The minimum atomic E-state index is 0.117. The number of ether oxygens (including phenoxy) is 2. The molecule has 2 rings (SSSR count). The van der Waals surface area contributed by atoms with E-state index < -0.39 is 0 Å². The minimum Gasteiger partial charge on any atom is -0.496 e. The summed E-state index contributed by atoms with van der Waals surface area (Å²) in [7, 11) is 3.19. The maximum absolute atomic E-state index is 12.7. The summed E-state index contributed by atoms with van der Waals surface area (Å²) in [6.07, 6.45) is 4.21. The van der Waals surface area contributed by atoms with Crippen molar-refractivity contribution in [2.24, 2.45) is 11.8 Å². The van der Waals surface area contributed by atoms with Gasteiger partial charge in [0.15, 0.2) is 5.78 Å². The molecule has 4 heteroatoms. The highest BCUT2D eigenvalue weighted by molar-refractivity contribution is 9.10. The van der Waals surface area contributed by atoms with E-state index in [2.05, 4.69) is 22.9 Å². The molecule has 0 saturated heterocycles. The highest BCUT2D eigenvalue weighted by Crippen LogP contribution is 2.37. The summed E-state index contributed by atoms with van der Waals surface area (Å²) >= 11 is 3.42. The number of hydrogen-bond donors (Lipinski definition) is 0. The number of carbonyl (C=O) groups excluding carboxylic acids is 1. The Kier molecular flexibility index (Phi) is 5.08. The van der Waals surface area contributed by atoms with Gasteiger partial charge in [0.05, 0.1) is 24.3 Å². The molecule has 0 N–H and O–H groups in total. The second-order valence-electron chi connectivity index (χ2n) is 5.51. The predicted octanol–water partition coefficient (Wildman–Crippen LogP) is 4.48. The van der Waals surface area contributed by atoms with E-state index in [1.54, 1.807) is 26.4 Å². The molecule has 1 aromatic rings. The van der Waals surface area contributed by atoms with Crippen molar-refractivity contribution in [3.05, 3.63) is 22.2 Å². The van der Waals surface area contributed by atoms with Crippen molar-refractivity contribution in [3.8, 4) is 11.5 Å². The minimum absolute atomic E-state index is 0.117. The Morgan fingerprint density at radius 2 is 1.70 bits per heavy atom. The van der Waals surface area contributed by atoms with Crippen molar-refractivity contribution in [2.45, 2.75) is 32.6 Å². The summed E-state index contributed by atoms with van der Waals surface area (Å²) in [6, 6.07) is 3.58. The van der Waals surface area contributed by atoms with Crippen LogP contribution in [-0.4, -0.2) is 20.0 Å². The van der Waals surface area contributed by atoms with Crippen molar-refractivity contribution >= 4 is 21.7 Å². The van der Waals surface area contributed by atoms with Gasteiger partial charge in [-0.1, -0.05) is 19.8 Å². The van der Waals surface area contributed by atoms with Gasteiger partial charge < -0.3 is 9.47 Å². The molecule has 1 aliphatic rings. The first-order chi connectivity index (χ1) is 9.56. The van der Waals surface area contributed by atoms with Gasteiger partial charge in [-0.15, -0.1) is 0 Å². The average Bonchev–Trinajstić information content (AvgIpc) is 2.47. The molecule has 0 spiro atoms. The third-order valence-electron chi connectivity index (χ3n) is 4.13. The highest BCUT2D eigenvalue weighted by atomic mass is 79.9. The number of carbonyl (C=O) groups is 1. The molecular formula is C16H21BrO3. The molecule has 0 radical (unpaired) electrons. The van der Waals surface area contributed by atoms with E-state index in [1.807, 2.05) is 0 Å². The van der Waals surface area contributed by atoms with Crippen molar-refractivity contribution in [2.75, 3.05) is 14.2 Å². The summed E-state index contributed by atoms with van der Waals surface area (Å²) < 4.78 is 11.4. The summed E-state index contributed by atoms with van der Waals surface area (Å²) in [4.78, 5) is 12.7. The number of hydrogen-bond acceptors (Lipinski definition) is 3. The van der Waals surface area contributed by atoms with E-state index in [9.17, 15) is 4.79 Å². The lowest BCUT2D eigenvalue weighted by molar-refractivity contribution is 0.0872. The second kappa shape index (κ2) is 6.61. The van der Waals surface area contributed by atoms with Gasteiger partial charge in [0.1, 0.15) is 11.5 Å². The standard InChI is InChI=1S/C16H21BrO3/c1-10-4-6-11(7-5-10)16(18)12-8-15(20-3)13(17)9-14(12)19-2/h8-11H,4-7H2,1-3H3. The Balaban J connectivity index is 2.28. The van der Waals surface area contributed by atoms with Crippen LogP contribution in [0.2, 0.25) is 0 Å². The van der Waals surface area contributed by atoms with Gasteiger partial charge in [-0.2, -0.15) is 0 Å². The van der Waals surface area contributed by atoms with Crippen molar-refractivity contribution in [1.29, 1.82) is 0 Å². The molecular weight excluding hydrogens is 320 g/mol. The van der Waals surface area contributed by atoms with Crippen LogP contribution >= 0.6 is 15.9 Å². The molecule has 0 aliphatic heterocycles. The van der Waals surface area contributed by atoms with Crippen LogP contribution in [0, 0.1) is 11.8 Å². The zero-order valence-electron chi connectivity index (χ0n) is 12.2. The molecule has 1 aromatic carbocycles. The van der Waals surface area contributed by atoms with Gasteiger partial charge in [0.2, 0.25) is 0 Å². The van der Waals surface area contributed by atoms with Gasteiger partial charge in [0.25, 0.3) is 0 Å². The molecule has 110 valence electrons.